The molecule has 0 saturated heterocycles. The lowest BCUT2D eigenvalue weighted by Gasteiger charge is -2.37. The number of carbonyl (C=O) groups is 1. The van der Waals surface area contributed by atoms with Crippen LogP contribution in [0.2, 0.25) is 0 Å². The SMILES string of the molecule is COc1ccc(C2(c3ccccc3)OCc3ccccc3C2=O)cc1. The van der Waals surface area contributed by atoms with Crippen LogP contribution in [0.25, 0.3) is 0 Å². The lowest BCUT2D eigenvalue weighted by molar-refractivity contribution is -0.0221. The van der Waals surface area contributed by atoms with E-state index in [1.54, 1.807) is 7.11 Å². The number of ketones is 1. The van der Waals surface area contributed by atoms with Gasteiger partial charge in [0, 0.05) is 5.56 Å². The maximum absolute atomic E-state index is 13.5. The van der Waals surface area contributed by atoms with Gasteiger partial charge in [-0.1, -0.05) is 66.7 Å². The van der Waals surface area contributed by atoms with Crippen molar-refractivity contribution in [2.24, 2.45) is 0 Å². The van der Waals surface area contributed by atoms with Crippen LogP contribution in [0.15, 0.2) is 78.9 Å². The van der Waals surface area contributed by atoms with Crippen molar-refractivity contribution >= 4 is 5.78 Å². The van der Waals surface area contributed by atoms with Crippen LogP contribution < -0.4 is 4.74 Å². The summed E-state index contributed by atoms with van der Waals surface area (Å²) >= 11 is 0. The van der Waals surface area contributed by atoms with E-state index in [2.05, 4.69) is 0 Å². The van der Waals surface area contributed by atoms with Crippen LogP contribution in [0.3, 0.4) is 0 Å². The molecule has 1 aliphatic heterocycles. The van der Waals surface area contributed by atoms with Gasteiger partial charge in [-0.05, 0) is 28.8 Å². The third kappa shape index (κ3) is 2.44. The van der Waals surface area contributed by atoms with Gasteiger partial charge in [-0.2, -0.15) is 0 Å². The minimum absolute atomic E-state index is 0.0364. The average molecular weight is 330 g/mol. The van der Waals surface area contributed by atoms with Crippen LogP contribution in [-0.2, 0) is 16.9 Å². The van der Waals surface area contributed by atoms with Crippen molar-refractivity contribution in [3.63, 3.8) is 0 Å². The molecule has 3 heteroatoms. The highest BCUT2D eigenvalue weighted by Gasteiger charge is 2.46. The third-order valence-electron chi connectivity index (χ3n) is 4.70. The minimum atomic E-state index is -1.14. The quantitative estimate of drug-likeness (QED) is 0.716. The van der Waals surface area contributed by atoms with Crippen LogP contribution in [-0.4, -0.2) is 12.9 Å². The second-order valence-corrected chi connectivity index (χ2v) is 6.05. The number of hydrogen-bond acceptors (Lipinski definition) is 3. The topological polar surface area (TPSA) is 35.5 Å². The highest BCUT2D eigenvalue weighted by molar-refractivity contribution is 6.07. The van der Waals surface area contributed by atoms with Gasteiger partial charge in [0.2, 0.25) is 5.78 Å². The van der Waals surface area contributed by atoms with E-state index in [1.165, 1.54) is 0 Å². The Hall–Kier alpha value is -2.91. The molecule has 0 fully saturated rings. The van der Waals surface area contributed by atoms with E-state index in [4.69, 9.17) is 9.47 Å². The van der Waals surface area contributed by atoms with Crippen molar-refractivity contribution in [2.45, 2.75) is 12.2 Å². The molecule has 1 aliphatic rings. The molecule has 1 heterocycles. The van der Waals surface area contributed by atoms with Gasteiger partial charge in [0.25, 0.3) is 0 Å². The van der Waals surface area contributed by atoms with Gasteiger partial charge < -0.3 is 9.47 Å². The Bertz CT molecular complexity index is 900. The largest absolute Gasteiger partial charge is 0.497 e. The van der Waals surface area contributed by atoms with Crippen molar-refractivity contribution in [1.82, 2.24) is 0 Å². The molecule has 124 valence electrons. The standard InChI is InChI=1S/C22H18O3/c1-24-19-13-11-18(12-14-19)22(17-8-3-2-4-9-17)21(23)20-10-6-5-7-16(20)15-25-22/h2-14H,15H2,1H3. The smallest absolute Gasteiger partial charge is 0.204 e. The zero-order chi connectivity index (χ0) is 17.3. The molecule has 1 atom stereocenters. The van der Waals surface area contributed by atoms with Crippen molar-refractivity contribution in [1.29, 1.82) is 0 Å². The summed E-state index contributed by atoms with van der Waals surface area (Å²) in [4.78, 5) is 13.5. The molecule has 0 amide bonds. The molecule has 0 radical (unpaired) electrons. The highest BCUT2D eigenvalue weighted by Crippen LogP contribution is 2.42. The summed E-state index contributed by atoms with van der Waals surface area (Å²) in [6.07, 6.45) is 0. The number of ether oxygens (including phenoxy) is 2. The Morgan fingerprint density at radius 2 is 1.48 bits per heavy atom. The van der Waals surface area contributed by atoms with Crippen LogP contribution >= 0.6 is 0 Å². The molecule has 4 rings (SSSR count). The number of rotatable bonds is 3. The van der Waals surface area contributed by atoms with Crippen molar-refractivity contribution in [3.05, 3.63) is 101 Å². The van der Waals surface area contributed by atoms with E-state index < -0.39 is 5.60 Å². The molecule has 0 N–H and O–H groups in total. The third-order valence-corrected chi connectivity index (χ3v) is 4.70. The first kappa shape index (κ1) is 15.6. The van der Waals surface area contributed by atoms with Crippen LogP contribution in [0, 0.1) is 0 Å². The zero-order valence-electron chi connectivity index (χ0n) is 13.9. The number of Topliss-reactive ketones (excluding diaryl/α,β-unsaturated/α-hetero) is 1. The molecular weight excluding hydrogens is 312 g/mol. The van der Waals surface area contributed by atoms with E-state index in [1.807, 2.05) is 78.9 Å². The van der Waals surface area contributed by atoms with E-state index in [0.29, 0.717) is 12.2 Å². The first-order valence-corrected chi connectivity index (χ1v) is 8.22. The molecule has 0 spiro atoms. The predicted molar refractivity (Wildman–Crippen MR) is 95.8 cm³/mol. The normalized spacial score (nSPS) is 19.3. The molecule has 0 saturated carbocycles. The van der Waals surface area contributed by atoms with Gasteiger partial charge in [-0.3, -0.25) is 4.79 Å². The Morgan fingerprint density at radius 1 is 0.840 bits per heavy atom. The van der Waals surface area contributed by atoms with Gasteiger partial charge >= 0.3 is 0 Å². The summed E-state index contributed by atoms with van der Waals surface area (Å²) in [7, 11) is 1.63. The number of carbonyl (C=O) groups excluding carboxylic acids is 1. The van der Waals surface area contributed by atoms with Gasteiger partial charge in [-0.25, -0.2) is 0 Å². The molecule has 0 bridgehead atoms. The first-order chi connectivity index (χ1) is 12.3. The molecule has 0 aromatic heterocycles. The van der Waals surface area contributed by atoms with E-state index in [-0.39, 0.29) is 5.78 Å². The summed E-state index contributed by atoms with van der Waals surface area (Å²) < 4.78 is 11.5. The monoisotopic (exact) mass is 330 g/mol. The molecule has 1 unspecified atom stereocenters. The molecule has 0 aliphatic carbocycles. The Kier molecular flexibility index (Phi) is 3.86. The predicted octanol–water partition coefficient (Wildman–Crippen LogP) is 4.35. The van der Waals surface area contributed by atoms with Crippen molar-refractivity contribution in [3.8, 4) is 5.75 Å². The molecule has 25 heavy (non-hydrogen) atoms. The van der Waals surface area contributed by atoms with Crippen LogP contribution in [0.4, 0.5) is 0 Å². The molecular formula is C22H18O3. The molecule has 3 aromatic carbocycles. The Labute approximate surface area is 146 Å². The first-order valence-electron chi connectivity index (χ1n) is 8.22. The fraction of sp³-hybridized carbons (Fsp3) is 0.136. The summed E-state index contributed by atoms with van der Waals surface area (Å²) in [5.41, 5.74) is 2.14. The number of methoxy groups -OCH3 is 1. The Morgan fingerprint density at radius 3 is 2.20 bits per heavy atom. The summed E-state index contributed by atoms with van der Waals surface area (Å²) in [5, 5.41) is 0. The summed E-state index contributed by atoms with van der Waals surface area (Å²) in [5.74, 6) is 0.710. The second kappa shape index (κ2) is 6.19. The van der Waals surface area contributed by atoms with Gasteiger partial charge in [0.15, 0.2) is 5.60 Å². The van der Waals surface area contributed by atoms with E-state index >= 15 is 0 Å². The zero-order valence-corrected chi connectivity index (χ0v) is 13.9. The van der Waals surface area contributed by atoms with Crippen molar-refractivity contribution in [2.75, 3.05) is 7.11 Å². The van der Waals surface area contributed by atoms with E-state index in [9.17, 15) is 4.79 Å². The van der Waals surface area contributed by atoms with Crippen molar-refractivity contribution < 1.29 is 14.3 Å². The van der Waals surface area contributed by atoms with Crippen LogP contribution in [0.5, 0.6) is 5.75 Å². The second-order valence-electron chi connectivity index (χ2n) is 6.05. The lowest BCUT2D eigenvalue weighted by atomic mass is 9.77. The maximum atomic E-state index is 13.5. The summed E-state index contributed by atoms with van der Waals surface area (Å²) in [6.45, 7) is 0.392. The number of benzene rings is 3. The number of fused-ring (bicyclic) bond motifs is 1. The van der Waals surface area contributed by atoms with Gasteiger partial charge in [-0.15, -0.1) is 0 Å². The minimum Gasteiger partial charge on any atom is -0.497 e. The fourth-order valence-corrected chi connectivity index (χ4v) is 3.40. The molecule has 3 nitrogen and oxygen atoms in total. The molecule has 3 aromatic rings. The average Bonchev–Trinajstić information content (AvgIpc) is 2.70. The lowest BCUT2D eigenvalue weighted by Crippen LogP contribution is -2.43. The summed E-state index contributed by atoms with van der Waals surface area (Å²) in [6, 6.07) is 24.8. The van der Waals surface area contributed by atoms with E-state index in [0.717, 1.165) is 22.4 Å². The highest BCUT2D eigenvalue weighted by atomic mass is 16.5. The van der Waals surface area contributed by atoms with Gasteiger partial charge in [0.05, 0.1) is 13.7 Å². The fourth-order valence-electron chi connectivity index (χ4n) is 3.40. The maximum Gasteiger partial charge on any atom is 0.204 e. The Balaban J connectivity index is 1.93. The van der Waals surface area contributed by atoms with Crippen LogP contribution in [0.1, 0.15) is 27.0 Å². The number of hydrogen-bond donors (Lipinski definition) is 0. The van der Waals surface area contributed by atoms with Gasteiger partial charge in [0.1, 0.15) is 5.75 Å².